The third-order valence-corrected chi connectivity index (χ3v) is 4.49. The fourth-order valence-electron chi connectivity index (χ4n) is 2.97. The number of ether oxygens (including phenoxy) is 1. The number of esters is 1. The number of hydrogen-bond acceptors (Lipinski definition) is 5. The van der Waals surface area contributed by atoms with Crippen LogP contribution in [0.2, 0.25) is 0 Å². The predicted octanol–water partition coefficient (Wildman–Crippen LogP) is 4.65. The van der Waals surface area contributed by atoms with Crippen molar-refractivity contribution >= 4 is 5.97 Å². The fraction of sp³-hybridized carbons (Fsp3) is 0.286. The van der Waals surface area contributed by atoms with Gasteiger partial charge in [-0.1, -0.05) is 37.3 Å². The number of hydrogen-bond donors (Lipinski definition) is 0. The molecule has 3 aromatic rings. The summed E-state index contributed by atoms with van der Waals surface area (Å²) in [5.41, 5.74) is 2.62. The quantitative estimate of drug-likeness (QED) is 0.580. The number of aromatic nitrogens is 2. The third kappa shape index (κ3) is 4.17. The average Bonchev–Trinajstić information content (AvgIpc) is 3.18. The third-order valence-electron chi connectivity index (χ3n) is 4.49. The summed E-state index contributed by atoms with van der Waals surface area (Å²) in [6, 6.07) is 17.4. The number of benzene rings is 2. The Bertz CT molecular complexity index is 841. The van der Waals surface area contributed by atoms with E-state index in [0.717, 1.165) is 24.8 Å². The molecule has 134 valence electrons. The molecule has 2 aromatic carbocycles. The smallest absolute Gasteiger partial charge is 0.337 e. The van der Waals surface area contributed by atoms with Crippen LogP contribution in [0.15, 0.2) is 59.0 Å². The van der Waals surface area contributed by atoms with Gasteiger partial charge in [-0.2, -0.15) is 0 Å². The lowest BCUT2D eigenvalue weighted by Gasteiger charge is -2.13. The Morgan fingerprint density at radius 3 is 2.46 bits per heavy atom. The molecule has 1 aromatic heterocycles. The fourth-order valence-corrected chi connectivity index (χ4v) is 2.97. The van der Waals surface area contributed by atoms with E-state index in [9.17, 15) is 4.79 Å². The highest BCUT2D eigenvalue weighted by molar-refractivity contribution is 5.89. The van der Waals surface area contributed by atoms with Gasteiger partial charge in [-0.15, -0.1) is 10.2 Å². The molecule has 5 heteroatoms. The van der Waals surface area contributed by atoms with Gasteiger partial charge in [0.15, 0.2) is 0 Å². The summed E-state index contributed by atoms with van der Waals surface area (Å²) >= 11 is 0. The van der Waals surface area contributed by atoms with Crippen molar-refractivity contribution in [1.82, 2.24) is 10.2 Å². The molecule has 0 aliphatic heterocycles. The molecule has 5 nitrogen and oxygen atoms in total. The molecule has 1 atom stereocenters. The minimum Gasteiger partial charge on any atom is -0.465 e. The van der Waals surface area contributed by atoms with Crippen LogP contribution in [0.25, 0.3) is 11.5 Å². The van der Waals surface area contributed by atoms with Gasteiger partial charge in [0.05, 0.1) is 12.7 Å². The van der Waals surface area contributed by atoms with Gasteiger partial charge in [0.1, 0.15) is 0 Å². The van der Waals surface area contributed by atoms with E-state index in [1.807, 2.05) is 6.07 Å². The van der Waals surface area contributed by atoms with E-state index in [1.165, 1.54) is 12.7 Å². The van der Waals surface area contributed by atoms with Gasteiger partial charge in [-0.05, 0) is 48.6 Å². The maximum atomic E-state index is 11.5. The highest BCUT2D eigenvalue weighted by Gasteiger charge is 2.14. The molecule has 0 radical (unpaired) electrons. The topological polar surface area (TPSA) is 65.2 Å². The number of carbonyl (C=O) groups excluding carboxylic acids is 1. The maximum Gasteiger partial charge on any atom is 0.337 e. The first-order valence-electron chi connectivity index (χ1n) is 8.77. The maximum absolute atomic E-state index is 11.5. The molecule has 0 aliphatic rings. The number of carbonyl (C=O) groups is 1. The molecule has 0 amide bonds. The Balaban J connectivity index is 1.65. The molecule has 0 spiro atoms. The minimum absolute atomic E-state index is 0.366. The van der Waals surface area contributed by atoms with Gasteiger partial charge < -0.3 is 9.15 Å². The Morgan fingerprint density at radius 2 is 1.81 bits per heavy atom. The van der Waals surface area contributed by atoms with Crippen molar-refractivity contribution in [3.63, 3.8) is 0 Å². The van der Waals surface area contributed by atoms with Crippen molar-refractivity contribution < 1.29 is 13.9 Å². The van der Waals surface area contributed by atoms with E-state index in [2.05, 4.69) is 41.4 Å². The average molecular weight is 350 g/mol. The summed E-state index contributed by atoms with van der Waals surface area (Å²) in [4.78, 5) is 11.5. The van der Waals surface area contributed by atoms with Crippen molar-refractivity contribution in [2.24, 2.45) is 0 Å². The second-order valence-corrected chi connectivity index (χ2v) is 6.12. The van der Waals surface area contributed by atoms with Crippen LogP contribution in [0.1, 0.15) is 47.5 Å². The molecule has 3 rings (SSSR count). The van der Waals surface area contributed by atoms with Crippen molar-refractivity contribution in [3.05, 3.63) is 71.6 Å². The molecular weight excluding hydrogens is 328 g/mol. The molecule has 0 bridgehead atoms. The lowest BCUT2D eigenvalue weighted by molar-refractivity contribution is 0.0600. The number of nitrogens with zero attached hydrogens (tertiary/aromatic N) is 2. The van der Waals surface area contributed by atoms with Gasteiger partial charge in [0.2, 0.25) is 11.8 Å². The molecule has 1 heterocycles. The first kappa shape index (κ1) is 17.9. The molecule has 26 heavy (non-hydrogen) atoms. The van der Waals surface area contributed by atoms with Gasteiger partial charge in [-0.3, -0.25) is 0 Å². The Labute approximate surface area is 153 Å². The summed E-state index contributed by atoms with van der Waals surface area (Å²) in [6.07, 6.45) is 2.77. The molecule has 0 N–H and O–H groups in total. The van der Waals surface area contributed by atoms with Gasteiger partial charge in [0, 0.05) is 12.0 Å². The van der Waals surface area contributed by atoms with Crippen molar-refractivity contribution in [2.75, 3.05) is 7.11 Å². The zero-order chi connectivity index (χ0) is 18.4. The van der Waals surface area contributed by atoms with E-state index in [4.69, 9.17) is 9.15 Å². The number of aryl methyl sites for hydroxylation is 1. The lowest BCUT2D eigenvalue weighted by Crippen LogP contribution is -2.00. The van der Waals surface area contributed by atoms with Gasteiger partial charge in [-0.25, -0.2) is 4.79 Å². The summed E-state index contributed by atoms with van der Waals surface area (Å²) in [5, 5.41) is 8.28. The van der Waals surface area contributed by atoms with Crippen LogP contribution in [0.5, 0.6) is 0 Å². The summed E-state index contributed by atoms with van der Waals surface area (Å²) < 4.78 is 10.5. The monoisotopic (exact) mass is 350 g/mol. The highest BCUT2D eigenvalue weighted by atomic mass is 16.5. The zero-order valence-corrected chi connectivity index (χ0v) is 15.0. The van der Waals surface area contributed by atoms with Crippen molar-refractivity contribution in [1.29, 1.82) is 0 Å². The van der Waals surface area contributed by atoms with E-state index in [0.29, 0.717) is 23.3 Å². The Hall–Kier alpha value is -2.95. The van der Waals surface area contributed by atoms with Gasteiger partial charge >= 0.3 is 5.97 Å². The van der Waals surface area contributed by atoms with Crippen LogP contribution in [-0.2, 0) is 11.2 Å². The summed E-state index contributed by atoms with van der Waals surface area (Å²) in [6.45, 7) is 2.19. The number of methoxy groups -OCH3 is 1. The van der Waals surface area contributed by atoms with Crippen LogP contribution >= 0.6 is 0 Å². The lowest BCUT2D eigenvalue weighted by atomic mass is 9.92. The van der Waals surface area contributed by atoms with E-state index >= 15 is 0 Å². The largest absolute Gasteiger partial charge is 0.465 e. The zero-order valence-electron chi connectivity index (χ0n) is 15.0. The number of rotatable bonds is 7. The van der Waals surface area contributed by atoms with Crippen molar-refractivity contribution in [3.8, 4) is 11.5 Å². The second-order valence-electron chi connectivity index (χ2n) is 6.12. The highest BCUT2D eigenvalue weighted by Crippen LogP contribution is 2.25. The van der Waals surface area contributed by atoms with E-state index < -0.39 is 0 Å². The molecule has 1 unspecified atom stereocenters. The molecule has 0 fully saturated rings. The Morgan fingerprint density at radius 1 is 1.08 bits per heavy atom. The standard InChI is InChI=1S/C21H22N2O3/c1-3-15(16-7-5-4-6-8-16)13-14-19-22-23-20(26-19)17-9-11-18(12-10-17)21(24)25-2/h4-12,15H,3,13-14H2,1-2H3. The minimum atomic E-state index is -0.366. The van der Waals surface area contributed by atoms with Crippen LogP contribution in [-0.4, -0.2) is 23.3 Å². The molecule has 0 saturated carbocycles. The van der Waals surface area contributed by atoms with Crippen LogP contribution in [0.4, 0.5) is 0 Å². The van der Waals surface area contributed by atoms with E-state index in [-0.39, 0.29) is 5.97 Å². The Kier molecular flexibility index (Phi) is 5.79. The van der Waals surface area contributed by atoms with E-state index in [1.54, 1.807) is 24.3 Å². The van der Waals surface area contributed by atoms with Gasteiger partial charge in [0.25, 0.3) is 0 Å². The molecule has 0 aliphatic carbocycles. The first-order chi connectivity index (χ1) is 12.7. The van der Waals surface area contributed by atoms with Crippen LogP contribution in [0, 0.1) is 0 Å². The summed E-state index contributed by atoms with van der Waals surface area (Å²) in [7, 11) is 1.36. The SMILES string of the molecule is CCC(CCc1nnc(-c2ccc(C(=O)OC)cc2)o1)c1ccccc1. The van der Waals surface area contributed by atoms with Crippen LogP contribution < -0.4 is 0 Å². The first-order valence-corrected chi connectivity index (χ1v) is 8.77. The normalized spacial score (nSPS) is 11.9. The van der Waals surface area contributed by atoms with Crippen LogP contribution in [0.3, 0.4) is 0 Å². The molecular formula is C21H22N2O3. The predicted molar refractivity (Wildman–Crippen MR) is 98.9 cm³/mol. The van der Waals surface area contributed by atoms with Crippen molar-refractivity contribution in [2.45, 2.75) is 32.1 Å². The molecule has 0 saturated heterocycles. The second kappa shape index (κ2) is 8.43. The summed E-state index contributed by atoms with van der Waals surface area (Å²) in [5.74, 6) is 1.20.